The summed E-state index contributed by atoms with van der Waals surface area (Å²) in [6, 6.07) is 0. The molecule has 0 aromatic heterocycles. The zero-order chi connectivity index (χ0) is 9.03. The predicted octanol–water partition coefficient (Wildman–Crippen LogP) is 2.89. The first-order valence-electron chi connectivity index (χ1n) is 4.67. The fraction of sp³-hybridized carbons (Fsp3) is 0.900. The van der Waals surface area contributed by atoms with Gasteiger partial charge in [0.1, 0.15) is 5.78 Å². The van der Waals surface area contributed by atoms with Gasteiger partial charge in [-0.25, -0.2) is 0 Å². The Hall–Kier alpha value is 0.0200. The van der Waals surface area contributed by atoms with Crippen LogP contribution >= 0.6 is 11.8 Å². The largest absolute Gasteiger partial charge is 0.300 e. The van der Waals surface area contributed by atoms with Crippen LogP contribution < -0.4 is 0 Å². The second kappa shape index (κ2) is 4.31. The molecule has 0 aromatic rings. The van der Waals surface area contributed by atoms with E-state index in [2.05, 4.69) is 13.2 Å². The number of thioether (sulfide) groups is 1. The molecule has 12 heavy (non-hydrogen) atoms. The van der Waals surface area contributed by atoms with Gasteiger partial charge in [-0.1, -0.05) is 6.92 Å². The van der Waals surface area contributed by atoms with Gasteiger partial charge in [0.05, 0.1) is 0 Å². The first-order valence-corrected chi connectivity index (χ1v) is 6.06. The van der Waals surface area contributed by atoms with E-state index in [9.17, 15) is 4.79 Å². The molecule has 1 rings (SSSR count). The molecule has 1 nitrogen and oxygen atoms in total. The third-order valence-electron chi connectivity index (χ3n) is 2.76. The van der Waals surface area contributed by atoms with Crippen molar-refractivity contribution in [2.24, 2.45) is 5.41 Å². The third kappa shape index (κ3) is 2.81. The van der Waals surface area contributed by atoms with E-state index in [-0.39, 0.29) is 0 Å². The molecule has 0 spiro atoms. The Kier molecular flexibility index (Phi) is 3.63. The van der Waals surface area contributed by atoms with Gasteiger partial charge in [-0.05, 0) is 36.7 Å². The zero-order valence-corrected chi connectivity index (χ0v) is 8.88. The zero-order valence-electron chi connectivity index (χ0n) is 8.06. The van der Waals surface area contributed by atoms with Gasteiger partial charge in [0.15, 0.2) is 0 Å². The number of rotatable bonds is 4. The van der Waals surface area contributed by atoms with Crippen LogP contribution in [0.15, 0.2) is 0 Å². The van der Waals surface area contributed by atoms with Gasteiger partial charge in [-0.3, -0.25) is 4.79 Å². The molecule has 1 unspecified atom stereocenters. The number of carbonyl (C=O) groups is 1. The highest BCUT2D eigenvalue weighted by Gasteiger charge is 2.32. The van der Waals surface area contributed by atoms with Crippen molar-refractivity contribution in [3.63, 3.8) is 0 Å². The van der Waals surface area contributed by atoms with Gasteiger partial charge in [0.25, 0.3) is 0 Å². The molecule has 1 aliphatic rings. The minimum Gasteiger partial charge on any atom is -0.300 e. The van der Waals surface area contributed by atoms with Crippen LogP contribution in [0.25, 0.3) is 0 Å². The lowest BCUT2D eigenvalue weighted by Crippen LogP contribution is -2.12. The lowest BCUT2D eigenvalue weighted by Gasteiger charge is -2.21. The number of hydrogen-bond donors (Lipinski definition) is 0. The molecule has 70 valence electrons. The van der Waals surface area contributed by atoms with Crippen LogP contribution in [-0.2, 0) is 4.79 Å². The van der Waals surface area contributed by atoms with Crippen LogP contribution in [0, 0.1) is 5.41 Å². The molecule has 1 atom stereocenters. The molecule has 1 saturated carbocycles. The summed E-state index contributed by atoms with van der Waals surface area (Å²) < 4.78 is 0. The molecule has 0 heterocycles. The van der Waals surface area contributed by atoms with Crippen LogP contribution in [-0.4, -0.2) is 17.8 Å². The molecule has 0 aromatic carbocycles. The summed E-state index contributed by atoms with van der Waals surface area (Å²) in [6.45, 7) is 2.26. The normalized spacial score (nSPS) is 29.7. The average molecular weight is 186 g/mol. The van der Waals surface area contributed by atoms with E-state index in [0.29, 0.717) is 11.2 Å². The summed E-state index contributed by atoms with van der Waals surface area (Å²) in [6.07, 6.45) is 7.43. The molecule has 0 radical (unpaired) electrons. The van der Waals surface area contributed by atoms with E-state index in [1.807, 2.05) is 11.8 Å². The van der Waals surface area contributed by atoms with Crippen molar-refractivity contribution in [2.45, 2.75) is 39.0 Å². The monoisotopic (exact) mass is 186 g/mol. The van der Waals surface area contributed by atoms with Crippen LogP contribution in [0.5, 0.6) is 0 Å². The second-order valence-corrected chi connectivity index (χ2v) is 5.11. The van der Waals surface area contributed by atoms with Crippen LogP contribution in [0.3, 0.4) is 0 Å². The Morgan fingerprint density at radius 1 is 1.58 bits per heavy atom. The fourth-order valence-corrected chi connectivity index (χ4v) is 2.38. The maximum Gasteiger partial charge on any atom is 0.133 e. The van der Waals surface area contributed by atoms with Crippen molar-refractivity contribution in [1.29, 1.82) is 0 Å². The Morgan fingerprint density at radius 3 is 2.83 bits per heavy atom. The lowest BCUT2D eigenvalue weighted by molar-refractivity contribution is -0.118. The van der Waals surface area contributed by atoms with Crippen molar-refractivity contribution >= 4 is 17.5 Å². The highest BCUT2D eigenvalue weighted by molar-refractivity contribution is 7.98. The predicted molar refractivity (Wildman–Crippen MR) is 54.6 cm³/mol. The fourth-order valence-electron chi connectivity index (χ4n) is 1.95. The van der Waals surface area contributed by atoms with Crippen LogP contribution in [0.1, 0.15) is 39.0 Å². The van der Waals surface area contributed by atoms with E-state index in [4.69, 9.17) is 0 Å². The van der Waals surface area contributed by atoms with E-state index in [0.717, 1.165) is 19.3 Å². The molecule has 1 aliphatic carbocycles. The van der Waals surface area contributed by atoms with E-state index >= 15 is 0 Å². The number of Topliss-reactive ketones (excluding diaryl/α,β-unsaturated/α-hetero) is 1. The van der Waals surface area contributed by atoms with Crippen LogP contribution in [0.2, 0.25) is 0 Å². The molecule has 2 heteroatoms. The van der Waals surface area contributed by atoms with Crippen molar-refractivity contribution in [3.8, 4) is 0 Å². The summed E-state index contributed by atoms with van der Waals surface area (Å²) in [5.41, 5.74) is 0.354. The van der Waals surface area contributed by atoms with Gasteiger partial charge in [0.2, 0.25) is 0 Å². The molecule has 0 saturated heterocycles. The molecule has 0 N–H and O–H groups in total. The minimum absolute atomic E-state index is 0.354. The summed E-state index contributed by atoms with van der Waals surface area (Å²) >= 11 is 1.90. The molecular weight excluding hydrogens is 168 g/mol. The second-order valence-electron chi connectivity index (χ2n) is 4.12. The highest BCUT2D eigenvalue weighted by Crippen LogP contribution is 2.39. The Balaban J connectivity index is 2.25. The smallest absolute Gasteiger partial charge is 0.133 e. The Labute approximate surface area is 79.3 Å². The highest BCUT2D eigenvalue weighted by atomic mass is 32.2. The summed E-state index contributed by atoms with van der Waals surface area (Å²) in [5.74, 6) is 1.71. The number of carbonyl (C=O) groups excluding carboxylic acids is 1. The van der Waals surface area contributed by atoms with Gasteiger partial charge in [-0.2, -0.15) is 11.8 Å². The number of ketones is 1. The maximum atomic E-state index is 11.1. The van der Waals surface area contributed by atoms with Crippen molar-refractivity contribution < 1.29 is 4.79 Å². The lowest BCUT2D eigenvalue weighted by atomic mass is 9.84. The molecule has 0 aliphatic heterocycles. The van der Waals surface area contributed by atoms with Gasteiger partial charge < -0.3 is 0 Å². The van der Waals surface area contributed by atoms with Crippen molar-refractivity contribution in [2.75, 3.05) is 12.0 Å². The van der Waals surface area contributed by atoms with E-state index in [1.54, 1.807) is 0 Å². The van der Waals surface area contributed by atoms with Crippen LogP contribution in [0.4, 0.5) is 0 Å². The third-order valence-corrected chi connectivity index (χ3v) is 3.46. The molecular formula is C10H18OS. The first-order chi connectivity index (χ1) is 5.66. The summed E-state index contributed by atoms with van der Waals surface area (Å²) in [4.78, 5) is 11.1. The number of hydrogen-bond acceptors (Lipinski definition) is 2. The molecule has 0 amide bonds. The summed E-state index contributed by atoms with van der Waals surface area (Å²) in [7, 11) is 0. The van der Waals surface area contributed by atoms with E-state index in [1.165, 1.54) is 18.6 Å². The Bertz CT molecular complexity index is 167. The molecule has 1 fully saturated rings. The van der Waals surface area contributed by atoms with Gasteiger partial charge >= 0.3 is 0 Å². The minimum atomic E-state index is 0.354. The van der Waals surface area contributed by atoms with Crippen molar-refractivity contribution in [1.82, 2.24) is 0 Å². The topological polar surface area (TPSA) is 17.1 Å². The van der Waals surface area contributed by atoms with Gasteiger partial charge in [0, 0.05) is 12.8 Å². The standard InChI is InChI=1S/C10H18OS/c1-10(5-3-7-12-2)6-4-9(11)8-10/h3-8H2,1-2H3. The van der Waals surface area contributed by atoms with Crippen molar-refractivity contribution in [3.05, 3.63) is 0 Å². The molecule has 0 bridgehead atoms. The quantitative estimate of drug-likeness (QED) is 0.628. The Morgan fingerprint density at radius 2 is 2.33 bits per heavy atom. The maximum absolute atomic E-state index is 11.1. The summed E-state index contributed by atoms with van der Waals surface area (Å²) in [5, 5.41) is 0. The van der Waals surface area contributed by atoms with Gasteiger partial charge in [-0.15, -0.1) is 0 Å². The van der Waals surface area contributed by atoms with E-state index < -0.39 is 0 Å². The first kappa shape index (κ1) is 10.1. The SMILES string of the molecule is CSCCCC1(C)CCC(=O)C1. The average Bonchev–Trinajstić information content (AvgIpc) is 2.32.